The molecule has 0 spiro atoms. The monoisotopic (exact) mass is 372 g/mol. The van der Waals surface area contributed by atoms with E-state index in [9.17, 15) is 9.59 Å². The molecule has 7 heteroatoms. The fourth-order valence-electron chi connectivity index (χ4n) is 2.11. The third-order valence-electron chi connectivity index (χ3n) is 3.66. The lowest BCUT2D eigenvalue weighted by Crippen LogP contribution is -2.34. The Morgan fingerprint density at radius 3 is 2.42 bits per heavy atom. The van der Waals surface area contributed by atoms with Crippen molar-refractivity contribution < 1.29 is 19.4 Å². The van der Waals surface area contributed by atoms with Crippen LogP contribution in [0.5, 0.6) is 5.75 Å². The largest absolute Gasteiger partial charge is 0.491 e. The Balaban J connectivity index is 1.99. The number of carboxylic acids is 1. The van der Waals surface area contributed by atoms with Crippen LogP contribution in [-0.4, -0.2) is 28.2 Å². The second kappa shape index (κ2) is 8.96. The van der Waals surface area contributed by atoms with Crippen molar-refractivity contribution in [3.63, 3.8) is 0 Å². The summed E-state index contributed by atoms with van der Waals surface area (Å²) in [5.74, 6) is -0.795. The summed E-state index contributed by atoms with van der Waals surface area (Å²) >= 11 is 5.10. The number of hydrogen-bond acceptors (Lipinski definition) is 4. The van der Waals surface area contributed by atoms with Crippen molar-refractivity contribution in [2.75, 3.05) is 5.32 Å². The molecular weight excluding hydrogens is 352 g/mol. The number of amides is 1. The van der Waals surface area contributed by atoms with Crippen LogP contribution in [0.4, 0.5) is 5.69 Å². The fraction of sp³-hybridized carbons (Fsp3) is 0.211. The van der Waals surface area contributed by atoms with Crippen LogP contribution in [0, 0.1) is 0 Å². The molecule has 2 aromatic rings. The molecule has 0 saturated heterocycles. The Morgan fingerprint density at radius 1 is 1.15 bits per heavy atom. The molecule has 26 heavy (non-hydrogen) atoms. The normalized spacial score (nSPS) is 11.3. The maximum Gasteiger partial charge on any atom is 0.337 e. The van der Waals surface area contributed by atoms with Crippen LogP contribution >= 0.6 is 12.2 Å². The van der Waals surface area contributed by atoms with Gasteiger partial charge in [-0.05, 0) is 62.0 Å². The third-order valence-corrected chi connectivity index (χ3v) is 3.87. The van der Waals surface area contributed by atoms with Crippen LogP contribution in [0.1, 0.15) is 41.0 Å². The predicted octanol–water partition coefficient (Wildman–Crippen LogP) is 3.69. The van der Waals surface area contributed by atoms with Crippen molar-refractivity contribution >= 4 is 34.9 Å². The van der Waals surface area contributed by atoms with Gasteiger partial charge >= 0.3 is 5.97 Å². The van der Waals surface area contributed by atoms with E-state index in [0.29, 0.717) is 17.0 Å². The van der Waals surface area contributed by atoms with Gasteiger partial charge in [-0.1, -0.05) is 19.1 Å². The van der Waals surface area contributed by atoms with Crippen LogP contribution in [0.3, 0.4) is 0 Å². The van der Waals surface area contributed by atoms with Crippen molar-refractivity contribution in [2.45, 2.75) is 26.4 Å². The van der Waals surface area contributed by atoms with Crippen LogP contribution in [-0.2, 0) is 0 Å². The molecule has 2 rings (SSSR count). The van der Waals surface area contributed by atoms with Gasteiger partial charge in [-0.15, -0.1) is 0 Å². The fourth-order valence-corrected chi connectivity index (χ4v) is 2.31. The van der Waals surface area contributed by atoms with E-state index in [1.54, 1.807) is 42.5 Å². The first kappa shape index (κ1) is 19.4. The zero-order valence-corrected chi connectivity index (χ0v) is 15.3. The van der Waals surface area contributed by atoms with E-state index >= 15 is 0 Å². The van der Waals surface area contributed by atoms with Crippen molar-refractivity contribution in [3.8, 4) is 5.75 Å². The molecule has 0 saturated carbocycles. The van der Waals surface area contributed by atoms with Gasteiger partial charge < -0.3 is 15.2 Å². The maximum atomic E-state index is 12.3. The molecule has 0 aliphatic carbocycles. The molecule has 0 heterocycles. The van der Waals surface area contributed by atoms with E-state index in [4.69, 9.17) is 22.1 Å². The van der Waals surface area contributed by atoms with Gasteiger partial charge in [0.25, 0.3) is 5.91 Å². The van der Waals surface area contributed by atoms with Gasteiger partial charge in [0.15, 0.2) is 5.11 Å². The highest BCUT2D eigenvalue weighted by Gasteiger charge is 2.12. The summed E-state index contributed by atoms with van der Waals surface area (Å²) in [6.07, 6.45) is 0.987. The first-order valence-electron chi connectivity index (χ1n) is 8.12. The van der Waals surface area contributed by atoms with Gasteiger partial charge in [0.2, 0.25) is 0 Å². The van der Waals surface area contributed by atoms with E-state index in [2.05, 4.69) is 10.6 Å². The second-order valence-electron chi connectivity index (χ2n) is 5.62. The van der Waals surface area contributed by atoms with Crippen molar-refractivity contribution in [1.29, 1.82) is 0 Å². The molecule has 3 N–H and O–H groups in total. The highest BCUT2D eigenvalue weighted by Crippen LogP contribution is 2.16. The molecule has 1 atom stereocenters. The van der Waals surface area contributed by atoms with Gasteiger partial charge in [-0.25, -0.2) is 4.79 Å². The molecule has 136 valence electrons. The lowest BCUT2D eigenvalue weighted by atomic mass is 10.2. The van der Waals surface area contributed by atoms with E-state index in [0.717, 1.165) is 6.42 Å². The Kier molecular flexibility index (Phi) is 6.68. The lowest BCUT2D eigenvalue weighted by molar-refractivity contribution is 0.0697. The Bertz CT molecular complexity index is 805. The number of rotatable bonds is 6. The molecule has 0 fully saturated rings. The third kappa shape index (κ3) is 5.29. The minimum Gasteiger partial charge on any atom is -0.491 e. The van der Waals surface area contributed by atoms with Crippen LogP contribution < -0.4 is 15.4 Å². The number of hydrogen-bond donors (Lipinski definition) is 3. The minimum atomic E-state index is -1.08. The highest BCUT2D eigenvalue weighted by molar-refractivity contribution is 7.80. The molecule has 2 aromatic carbocycles. The summed E-state index contributed by atoms with van der Waals surface area (Å²) < 4.78 is 5.67. The number of aromatic carboxylic acids is 1. The number of carbonyl (C=O) groups is 2. The minimum absolute atomic E-state index is 0.0173. The number of carboxylic acid groups (broad SMARTS) is 1. The Hall–Kier alpha value is -2.93. The number of anilines is 1. The first-order chi connectivity index (χ1) is 12.4. The number of para-hydroxylation sites is 1. The molecule has 0 aromatic heterocycles. The standard InChI is InChI=1S/C19H20N2O4S/c1-3-12(2)25-14-10-8-13(9-11-14)17(22)21-19(26)20-16-7-5-4-6-15(16)18(23)24/h4-12H,3H2,1-2H3,(H,23,24)(H2,20,21,22,26)/t12-/m1/s1. The number of benzene rings is 2. The second-order valence-corrected chi connectivity index (χ2v) is 6.03. The smallest absolute Gasteiger partial charge is 0.337 e. The van der Waals surface area contributed by atoms with Crippen LogP contribution in [0.2, 0.25) is 0 Å². The van der Waals surface area contributed by atoms with Gasteiger partial charge in [-0.2, -0.15) is 0 Å². The average molecular weight is 372 g/mol. The number of ether oxygens (including phenoxy) is 1. The van der Waals surface area contributed by atoms with Gasteiger partial charge in [-0.3, -0.25) is 10.1 Å². The first-order valence-corrected chi connectivity index (χ1v) is 8.53. The molecular formula is C19H20N2O4S. The van der Waals surface area contributed by atoms with E-state index in [1.807, 2.05) is 13.8 Å². The highest BCUT2D eigenvalue weighted by atomic mass is 32.1. The van der Waals surface area contributed by atoms with Gasteiger partial charge in [0.05, 0.1) is 17.4 Å². The average Bonchev–Trinajstić information content (AvgIpc) is 2.62. The Labute approximate surface area is 157 Å². The molecule has 6 nitrogen and oxygen atoms in total. The molecule has 0 radical (unpaired) electrons. The van der Waals surface area contributed by atoms with Crippen molar-refractivity contribution in [3.05, 3.63) is 59.7 Å². The molecule has 0 bridgehead atoms. The quantitative estimate of drug-likeness (QED) is 0.671. The summed E-state index contributed by atoms with van der Waals surface area (Å²) in [6, 6.07) is 13.0. The summed E-state index contributed by atoms with van der Waals surface area (Å²) in [6.45, 7) is 4.00. The Morgan fingerprint density at radius 2 is 1.81 bits per heavy atom. The van der Waals surface area contributed by atoms with E-state index in [-0.39, 0.29) is 16.8 Å². The van der Waals surface area contributed by atoms with Crippen LogP contribution in [0.25, 0.3) is 0 Å². The van der Waals surface area contributed by atoms with E-state index < -0.39 is 11.9 Å². The number of thiocarbonyl (C=S) groups is 1. The zero-order chi connectivity index (χ0) is 19.1. The van der Waals surface area contributed by atoms with Gasteiger partial charge in [0.1, 0.15) is 5.75 Å². The summed E-state index contributed by atoms with van der Waals surface area (Å²) in [5.41, 5.74) is 0.787. The van der Waals surface area contributed by atoms with Gasteiger partial charge in [0, 0.05) is 5.56 Å². The SMILES string of the molecule is CC[C@@H](C)Oc1ccc(C(=O)NC(=S)Nc2ccccc2C(=O)O)cc1. The molecule has 0 unspecified atom stereocenters. The number of nitrogens with one attached hydrogen (secondary N) is 2. The topological polar surface area (TPSA) is 87.7 Å². The predicted molar refractivity (Wildman–Crippen MR) is 104 cm³/mol. The van der Waals surface area contributed by atoms with E-state index in [1.165, 1.54) is 6.07 Å². The zero-order valence-electron chi connectivity index (χ0n) is 14.5. The summed E-state index contributed by atoms with van der Waals surface area (Å²) in [4.78, 5) is 23.5. The summed E-state index contributed by atoms with van der Waals surface area (Å²) in [7, 11) is 0. The lowest BCUT2D eigenvalue weighted by Gasteiger charge is -2.13. The molecule has 1 amide bonds. The molecule has 0 aliphatic rings. The van der Waals surface area contributed by atoms with Crippen LogP contribution in [0.15, 0.2) is 48.5 Å². The molecule has 0 aliphatic heterocycles. The van der Waals surface area contributed by atoms with Crippen molar-refractivity contribution in [2.24, 2.45) is 0 Å². The van der Waals surface area contributed by atoms with Crippen molar-refractivity contribution in [1.82, 2.24) is 5.32 Å². The summed E-state index contributed by atoms with van der Waals surface area (Å²) in [5, 5.41) is 14.4. The maximum absolute atomic E-state index is 12.3. The number of carbonyl (C=O) groups excluding carboxylic acids is 1.